The van der Waals surface area contributed by atoms with Crippen molar-refractivity contribution in [3.63, 3.8) is 0 Å². The van der Waals surface area contributed by atoms with Crippen molar-refractivity contribution < 1.29 is 4.79 Å². The molecule has 1 aromatic carbocycles. The van der Waals surface area contributed by atoms with Crippen molar-refractivity contribution in [3.05, 3.63) is 34.7 Å². The van der Waals surface area contributed by atoms with Gasteiger partial charge in [-0.25, -0.2) is 14.2 Å². The van der Waals surface area contributed by atoms with Gasteiger partial charge in [-0.1, -0.05) is 18.6 Å². The third-order valence-corrected chi connectivity index (χ3v) is 5.54. The molecule has 6 nitrogen and oxygen atoms in total. The van der Waals surface area contributed by atoms with E-state index in [1.54, 1.807) is 6.07 Å². The van der Waals surface area contributed by atoms with Gasteiger partial charge in [0.25, 0.3) is 0 Å². The molecule has 0 aliphatic carbocycles. The van der Waals surface area contributed by atoms with Crippen LogP contribution in [0.1, 0.15) is 32.1 Å². The number of hydrogen-bond donors (Lipinski definition) is 2. The highest BCUT2D eigenvalue weighted by atomic mass is 16.2. The minimum absolute atomic E-state index is 0.328. The smallest absolute Gasteiger partial charge is 0.334 e. The first-order valence-electron chi connectivity index (χ1n) is 8.96. The zero-order valence-electron chi connectivity index (χ0n) is 13.8. The average molecular weight is 328 g/mol. The van der Waals surface area contributed by atoms with Gasteiger partial charge >= 0.3 is 11.7 Å². The van der Waals surface area contributed by atoms with Crippen molar-refractivity contribution >= 4 is 17.1 Å². The van der Waals surface area contributed by atoms with Crippen LogP contribution in [0.2, 0.25) is 0 Å². The molecule has 24 heavy (non-hydrogen) atoms. The van der Waals surface area contributed by atoms with Gasteiger partial charge in [-0.2, -0.15) is 0 Å². The highest BCUT2D eigenvalue weighted by molar-refractivity contribution is 5.88. The maximum absolute atomic E-state index is 12.6. The molecular weight excluding hydrogens is 304 g/mol. The second-order valence-corrected chi connectivity index (χ2v) is 6.97. The quantitative estimate of drug-likeness (QED) is 0.887. The minimum Gasteiger partial charge on any atom is -0.337 e. The molecule has 2 aliphatic rings. The predicted molar refractivity (Wildman–Crippen MR) is 93.3 cm³/mol. The van der Waals surface area contributed by atoms with Gasteiger partial charge in [-0.05, 0) is 56.8 Å². The van der Waals surface area contributed by atoms with E-state index in [-0.39, 0.29) is 11.7 Å². The lowest BCUT2D eigenvalue weighted by atomic mass is 9.83. The van der Waals surface area contributed by atoms with Gasteiger partial charge in [0.05, 0.1) is 11.0 Å². The highest BCUT2D eigenvalue weighted by Gasteiger charge is 2.33. The lowest BCUT2D eigenvalue weighted by Crippen LogP contribution is -2.51. The minimum atomic E-state index is -0.378. The van der Waals surface area contributed by atoms with Crippen LogP contribution in [-0.4, -0.2) is 46.2 Å². The highest BCUT2D eigenvalue weighted by Crippen LogP contribution is 2.30. The number of H-pyrrole nitrogens is 1. The van der Waals surface area contributed by atoms with Gasteiger partial charge in [0.15, 0.2) is 0 Å². The summed E-state index contributed by atoms with van der Waals surface area (Å²) in [6.07, 6.45) is 6.16. The molecule has 128 valence electrons. The number of aromatic nitrogens is 2. The molecule has 1 aromatic heterocycles. The van der Waals surface area contributed by atoms with E-state index in [1.807, 2.05) is 18.2 Å². The second-order valence-electron chi connectivity index (χ2n) is 6.97. The van der Waals surface area contributed by atoms with Crippen molar-refractivity contribution in [1.29, 1.82) is 0 Å². The monoisotopic (exact) mass is 328 g/mol. The molecule has 2 N–H and O–H groups in total. The van der Waals surface area contributed by atoms with E-state index < -0.39 is 0 Å². The summed E-state index contributed by atoms with van der Waals surface area (Å²) in [5.41, 5.74) is 0.938. The van der Waals surface area contributed by atoms with Crippen LogP contribution in [0.15, 0.2) is 29.1 Å². The van der Waals surface area contributed by atoms with E-state index in [2.05, 4.69) is 15.2 Å². The van der Waals surface area contributed by atoms with Crippen LogP contribution in [0.3, 0.4) is 0 Å². The Kier molecular flexibility index (Phi) is 4.14. The van der Waals surface area contributed by atoms with E-state index in [0.29, 0.717) is 29.5 Å². The average Bonchev–Trinajstić information content (AvgIpc) is 2.95. The first-order valence-corrected chi connectivity index (χ1v) is 8.96. The summed E-state index contributed by atoms with van der Waals surface area (Å²) in [4.78, 5) is 30.0. The molecule has 2 atom stereocenters. The largest absolute Gasteiger partial charge is 0.337 e. The Morgan fingerprint density at radius 1 is 1.17 bits per heavy atom. The zero-order valence-corrected chi connectivity index (χ0v) is 13.8. The molecule has 2 fully saturated rings. The fraction of sp³-hybridized carbons (Fsp3) is 0.556. The van der Waals surface area contributed by atoms with Gasteiger partial charge in [-0.15, -0.1) is 0 Å². The Hall–Kier alpha value is -2.08. The molecule has 1 amide bonds. The number of imidazole rings is 1. The Balaban J connectivity index is 1.48. The molecule has 0 bridgehead atoms. The molecule has 0 unspecified atom stereocenters. The van der Waals surface area contributed by atoms with Gasteiger partial charge in [0.1, 0.15) is 0 Å². The van der Waals surface area contributed by atoms with Crippen LogP contribution in [0.4, 0.5) is 4.79 Å². The number of rotatable bonds is 2. The molecule has 0 saturated carbocycles. The first kappa shape index (κ1) is 15.4. The molecule has 6 heteroatoms. The summed E-state index contributed by atoms with van der Waals surface area (Å²) < 4.78 is 1.21. The maximum Gasteiger partial charge on any atom is 0.334 e. The van der Waals surface area contributed by atoms with Crippen LogP contribution < -0.4 is 11.0 Å². The zero-order chi connectivity index (χ0) is 16.5. The Labute approximate surface area is 140 Å². The van der Waals surface area contributed by atoms with Crippen molar-refractivity contribution in [1.82, 2.24) is 19.8 Å². The van der Waals surface area contributed by atoms with Gasteiger partial charge in [0, 0.05) is 12.6 Å². The summed E-state index contributed by atoms with van der Waals surface area (Å²) in [5, 5.41) is 3.00. The topological polar surface area (TPSA) is 70.1 Å². The number of amides is 1. The molecule has 0 spiro atoms. The molecule has 2 aromatic rings. The van der Waals surface area contributed by atoms with Gasteiger partial charge in [-0.3, -0.25) is 0 Å². The molecule has 3 heterocycles. The van der Waals surface area contributed by atoms with Crippen molar-refractivity contribution in [2.24, 2.45) is 5.92 Å². The van der Waals surface area contributed by atoms with Crippen LogP contribution in [-0.2, 0) is 0 Å². The Bertz CT molecular complexity index is 792. The van der Waals surface area contributed by atoms with E-state index in [1.165, 1.54) is 43.3 Å². The van der Waals surface area contributed by atoms with Crippen LogP contribution >= 0.6 is 0 Å². The summed E-state index contributed by atoms with van der Waals surface area (Å²) >= 11 is 0. The fourth-order valence-corrected chi connectivity index (χ4v) is 4.37. The summed E-state index contributed by atoms with van der Waals surface area (Å²) in [6, 6.07) is 7.54. The van der Waals surface area contributed by atoms with Crippen molar-refractivity contribution in [2.45, 2.75) is 38.1 Å². The number of para-hydroxylation sites is 2. The lowest BCUT2D eigenvalue weighted by Gasteiger charge is -2.44. The van der Waals surface area contributed by atoms with Crippen molar-refractivity contribution in [2.75, 3.05) is 19.6 Å². The third-order valence-electron chi connectivity index (χ3n) is 5.54. The maximum atomic E-state index is 12.6. The Morgan fingerprint density at radius 3 is 2.92 bits per heavy atom. The molecule has 4 rings (SSSR count). The summed E-state index contributed by atoms with van der Waals surface area (Å²) in [7, 11) is 0. The number of aromatic amines is 1. The SMILES string of the molecule is O=C(NC[C@@H]1CCCN2CCCC[C@H]12)n1c(=O)[nH]c2ccccc21. The molecular formula is C18H24N4O2. The third kappa shape index (κ3) is 2.75. The fourth-order valence-electron chi connectivity index (χ4n) is 4.37. The van der Waals surface area contributed by atoms with Gasteiger partial charge in [0.2, 0.25) is 0 Å². The van der Waals surface area contributed by atoms with E-state index in [4.69, 9.17) is 0 Å². The number of fused-ring (bicyclic) bond motifs is 2. The van der Waals surface area contributed by atoms with Gasteiger partial charge < -0.3 is 15.2 Å². The molecule has 0 radical (unpaired) electrons. The Morgan fingerprint density at radius 2 is 2.00 bits per heavy atom. The number of carbonyl (C=O) groups excluding carboxylic acids is 1. The van der Waals surface area contributed by atoms with E-state index >= 15 is 0 Å². The number of carbonyl (C=O) groups is 1. The van der Waals surface area contributed by atoms with Crippen LogP contribution in [0.25, 0.3) is 11.0 Å². The van der Waals surface area contributed by atoms with E-state index in [9.17, 15) is 9.59 Å². The standard InChI is InChI=1S/C18H24N4O2/c23-17(22-16-9-2-1-7-14(16)20-18(22)24)19-12-13-6-5-11-21-10-4-3-8-15(13)21/h1-2,7,9,13,15H,3-6,8,10-12H2,(H,19,23)(H,20,24)/t13-,15+/m0/s1. The summed E-state index contributed by atoms with van der Waals surface area (Å²) in [5.74, 6) is 0.490. The lowest BCUT2D eigenvalue weighted by molar-refractivity contribution is 0.0605. The normalized spacial score (nSPS) is 24.7. The summed E-state index contributed by atoms with van der Waals surface area (Å²) in [6.45, 7) is 3.03. The molecule has 2 aliphatic heterocycles. The first-order chi connectivity index (χ1) is 11.7. The molecule has 2 saturated heterocycles. The number of nitrogens with one attached hydrogen (secondary N) is 2. The van der Waals surface area contributed by atoms with Crippen LogP contribution in [0.5, 0.6) is 0 Å². The van der Waals surface area contributed by atoms with Crippen LogP contribution in [0, 0.1) is 5.92 Å². The predicted octanol–water partition coefficient (Wildman–Crippen LogP) is 2.15. The second kappa shape index (κ2) is 6.43. The number of piperidine rings is 2. The number of hydrogen-bond acceptors (Lipinski definition) is 3. The van der Waals surface area contributed by atoms with Crippen molar-refractivity contribution in [3.8, 4) is 0 Å². The van der Waals surface area contributed by atoms with E-state index in [0.717, 1.165) is 6.42 Å². The number of benzene rings is 1. The number of nitrogens with zero attached hydrogens (tertiary/aromatic N) is 2.